The van der Waals surface area contributed by atoms with Crippen LogP contribution in [-0.4, -0.2) is 58.1 Å². The van der Waals surface area contributed by atoms with Gasteiger partial charge in [0.2, 0.25) is 10.0 Å². The molecule has 0 aromatic heterocycles. The highest BCUT2D eigenvalue weighted by Crippen LogP contribution is 2.24. The number of sulfonamides is 1. The van der Waals surface area contributed by atoms with Crippen LogP contribution in [0.2, 0.25) is 0 Å². The Hall–Kier alpha value is -1.51. The van der Waals surface area contributed by atoms with Crippen LogP contribution < -0.4 is 0 Å². The molecule has 8 heteroatoms. The predicted octanol–water partition coefficient (Wildman–Crippen LogP) is 1.58. The minimum atomic E-state index is -3.48. The predicted molar refractivity (Wildman–Crippen MR) is 79.0 cm³/mol. The Morgan fingerprint density at radius 2 is 1.90 bits per heavy atom. The molecule has 1 saturated heterocycles. The maximum absolute atomic E-state index is 12.2. The lowest BCUT2D eigenvalue weighted by molar-refractivity contribution is 0.0353. The first-order chi connectivity index (χ1) is 9.91. The van der Waals surface area contributed by atoms with E-state index in [0.29, 0.717) is 37.6 Å². The summed E-state index contributed by atoms with van der Waals surface area (Å²) in [4.78, 5) is 0.255. The average molecular weight is 312 g/mol. The fourth-order valence-corrected chi connectivity index (χ4v) is 3.02. The van der Waals surface area contributed by atoms with Crippen molar-refractivity contribution in [3.63, 3.8) is 0 Å². The molecule has 116 valence electrons. The minimum Gasteiger partial charge on any atom is -0.378 e. The van der Waals surface area contributed by atoms with E-state index in [-0.39, 0.29) is 4.90 Å². The molecule has 1 aliphatic rings. The molecule has 1 fully saturated rings. The van der Waals surface area contributed by atoms with Gasteiger partial charge in [-0.3, -0.25) is 5.01 Å². The molecule has 1 heterocycles. The zero-order valence-electron chi connectivity index (χ0n) is 12.5. The molecule has 0 N–H and O–H groups in total. The monoisotopic (exact) mass is 312 g/mol. The van der Waals surface area contributed by atoms with Crippen molar-refractivity contribution in [2.45, 2.75) is 11.8 Å². The molecule has 1 aromatic carbocycles. The summed E-state index contributed by atoms with van der Waals surface area (Å²) in [7, 11) is -0.454. The van der Waals surface area contributed by atoms with Gasteiger partial charge in [-0.15, -0.1) is 5.11 Å². The minimum absolute atomic E-state index is 0.255. The summed E-state index contributed by atoms with van der Waals surface area (Å²) < 4.78 is 30.9. The van der Waals surface area contributed by atoms with E-state index >= 15 is 0 Å². The number of hydrogen-bond donors (Lipinski definition) is 0. The Morgan fingerprint density at radius 1 is 1.24 bits per heavy atom. The van der Waals surface area contributed by atoms with Gasteiger partial charge in [0.1, 0.15) is 0 Å². The summed E-state index contributed by atoms with van der Waals surface area (Å²) in [6, 6.07) is 5.05. The number of ether oxygens (including phenoxy) is 1. The van der Waals surface area contributed by atoms with Gasteiger partial charge >= 0.3 is 0 Å². The largest absolute Gasteiger partial charge is 0.378 e. The smallest absolute Gasteiger partial charge is 0.242 e. The van der Waals surface area contributed by atoms with Crippen LogP contribution in [0, 0.1) is 6.92 Å². The van der Waals surface area contributed by atoms with Crippen molar-refractivity contribution in [2.24, 2.45) is 10.3 Å². The first-order valence-electron chi connectivity index (χ1n) is 6.69. The number of morpholine rings is 1. The van der Waals surface area contributed by atoms with E-state index in [4.69, 9.17) is 4.74 Å². The van der Waals surface area contributed by atoms with E-state index in [1.807, 2.05) is 5.01 Å². The Balaban J connectivity index is 2.24. The third-order valence-electron chi connectivity index (χ3n) is 3.20. The zero-order valence-corrected chi connectivity index (χ0v) is 13.3. The van der Waals surface area contributed by atoms with Crippen molar-refractivity contribution in [3.8, 4) is 0 Å². The quantitative estimate of drug-likeness (QED) is 0.791. The van der Waals surface area contributed by atoms with Crippen molar-refractivity contribution in [1.29, 1.82) is 0 Å². The maximum atomic E-state index is 12.2. The maximum Gasteiger partial charge on any atom is 0.242 e. The van der Waals surface area contributed by atoms with Gasteiger partial charge in [0.05, 0.1) is 36.9 Å². The standard InChI is InChI=1S/C13H20N4O3S/c1-11-4-5-12(10-13(11)21(18,19)16(2)3)14-15-17-6-8-20-9-7-17/h4-5,10H,6-9H2,1-3H3. The molecule has 21 heavy (non-hydrogen) atoms. The molecular weight excluding hydrogens is 292 g/mol. The van der Waals surface area contributed by atoms with E-state index < -0.39 is 10.0 Å². The molecule has 0 bridgehead atoms. The Morgan fingerprint density at radius 3 is 2.52 bits per heavy atom. The zero-order chi connectivity index (χ0) is 15.5. The summed E-state index contributed by atoms with van der Waals surface area (Å²) >= 11 is 0. The third kappa shape index (κ3) is 3.78. The van der Waals surface area contributed by atoms with E-state index in [9.17, 15) is 8.42 Å². The van der Waals surface area contributed by atoms with E-state index in [0.717, 1.165) is 0 Å². The first kappa shape index (κ1) is 15.9. The molecule has 0 amide bonds. The fraction of sp³-hybridized carbons (Fsp3) is 0.538. The summed E-state index contributed by atoms with van der Waals surface area (Å²) in [5.74, 6) is 0. The molecular formula is C13H20N4O3S. The number of nitrogens with zero attached hydrogens (tertiary/aromatic N) is 4. The van der Waals surface area contributed by atoms with Crippen LogP contribution in [0.15, 0.2) is 33.4 Å². The highest BCUT2D eigenvalue weighted by atomic mass is 32.2. The highest BCUT2D eigenvalue weighted by molar-refractivity contribution is 7.89. The van der Waals surface area contributed by atoms with Crippen molar-refractivity contribution in [2.75, 3.05) is 40.4 Å². The summed E-state index contributed by atoms with van der Waals surface area (Å²) in [5.41, 5.74) is 1.21. The van der Waals surface area contributed by atoms with Crippen LogP contribution in [0.1, 0.15) is 5.56 Å². The van der Waals surface area contributed by atoms with Crippen LogP contribution in [0.4, 0.5) is 5.69 Å². The molecule has 0 spiro atoms. The molecule has 1 aliphatic heterocycles. The second-order valence-corrected chi connectivity index (χ2v) is 7.11. The van der Waals surface area contributed by atoms with Gasteiger partial charge in [-0.1, -0.05) is 11.3 Å². The second-order valence-electron chi connectivity index (χ2n) is 4.99. The van der Waals surface area contributed by atoms with Crippen LogP contribution in [0.5, 0.6) is 0 Å². The Bertz CT molecular complexity index is 622. The second kappa shape index (κ2) is 6.50. The number of aryl methyl sites for hydroxylation is 1. The lowest BCUT2D eigenvalue weighted by Gasteiger charge is -2.22. The summed E-state index contributed by atoms with van der Waals surface area (Å²) in [5, 5.41) is 10.0. The van der Waals surface area contributed by atoms with Gasteiger partial charge in [0.15, 0.2) is 0 Å². The van der Waals surface area contributed by atoms with Crippen LogP contribution in [-0.2, 0) is 14.8 Å². The lowest BCUT2D eigenvalue weighted by Crippen LogP contribution is -2.31. The van der Waals surface area contributed by atoms with Crippen molar-refractivity contribution in [3.05, 3.63) is 23.8 Å². The first-order valence-corrected chi connectivity index (χ1v) is 8.13. The summed E-state index contributed by atoms with van der Waals surface area (Å²) in [6.45, 7) is 4.41. The van der Waals surface area contributed by atoms with Gasteiger partial charge in [-0.05, 0) is 24.6 Å². The molecule has 0 unspecified atom stereocenters. The van der Waals surface area contributed by atoms with Gasteiger partial charge in [-0.2, -0.15) is 0 Å². The van der Waals surface area contributed by atoms with E-state index in [2.05, 4.69) is 10.3 Å². The normalized spacial score (nSPS) is 16.9. The molecule has 0 saturated carbocycles. The number of rotatable bonds is 4. The fourth-order valence-electron chi connectivity index (χ4n) is 1.88. The SMILES string of the molecule is Cc1ccc(N=NN2CCOCC2)cc1S(=O)(=O)N(C)C. The van der Waals surface area contributed by atoms with Crippen molar-refractivity contribution >= 4 is 15.7 Å². The average Bonchev–Trinajstić information content (AvgIpc) is 2.47. The van der Waals surface area contributed by atoms with E-state index in [1.165, 1.54) is 18.4 Å². The molecule has 2 rings (SSSR count). The van der Waals surface area contributed by atoms with Gasteiger partial charge in [0.25, 0.3) is 0 Å². The van der Waals surface area contributed by atoms with Crippen molar-refractivity contribution < 1.29 is 13.2 Å². The third-order valence-corrected chi connectivity index (χ3v) is 5.16. The molecule has 0 radical (unpaired) electrons. The number of hydrogen-bond acceptors (Lipinski definition) is 5. The molecule has 0 atom stereocenters. The van der Waals surface area contributed by atoms with Gasteiger partial charge in [0, 0.05) is 14.1 Å². The highest BCUT2D eigenvalue weighted by Gasteiger charge is 2.20. The van der Waals surface area contributed by atoms with Crippen LogP contribution >= 0.6 is 0 Å². The molecule has 7 nitrogen and oxygen atoms in total. The molecule has 1 aromatic rings. The van der Waals surface area contributed by atoms with Gasteiger partial charge in [-0.25, -0.2) is 12.7 Å². The molecule has 0 aliphatic carbocycles. The van der Waals surface area contributed by atoms with E-state index in [1.54, 1.807) is 25.1 Å². The van der Waals surface area contributed by atoms with Crippen LogP contribution in [0.3, 0.4) is 0 Å². The number of benzene rings is 1. The van der Waals surface area contributed by atoms with Crippen molar-refractivity contribution in [1.82, 2.24) is 9.31 Å². The van der Waals surface area contributed by atoms with Crippen LogP contribution in [0.25, 0.3) is 0 Å². The topological polar surface area (TPSA) is 74.6 Å². The Labute approximate surface area is 125 Å². The summed E-state index contributed by atoms with van der Waals surface area (Å²) in [6.07, 6.45) is 0. The Kier molecular flexibility index (Phi) is 4.92. The van der Waals surface area contributed by atoms with Gasteiger partial charge < -0.3 is 4.74 Å². The lowest BCUT2D eigenvalue weighted by atomic mass is 10.2.